The molecular weight excluding hydrogens is 262 g/mol. The topological polar surface area (TPSA) is 125 Å². The average molecular weight is 275 g/mol. The minimum Gasteiger partial charge on any atom is -0.480 e. The van der Waals surface area contributed by atoms with Crippen LogP contribution in [0.1, 0.15) is 16.8 Å². The highest BCUT2D eigenvalue weighted by Crippen LogP contribution is 2.14. The maximum absolute atomic E-state index is 12.0. The number of hydrogen-bond acceptors (Lipinski definition) is 3. The fraction of sp³-hybridized carbons (Fsp3) is 0.154. The molecule has 20 heavy (non-hydrogen) atoms. The standard InChI is InChI=1S/C13H13N3O4/c14-11(17)6-10(13(19)20)16-12(18)8-1-2-9-7(5-8)3-4-15-9/h1-5,10,15H,6H2,(H2,14,17)(H,16,18)(H,19,20). The van der Waals surface area contributed by atoms with Crippen molar-refractivity contribution in [2.45, 2.75) is 12.5 Å². The molecule has 2 aromatic rings. The summed E-state index contributed by atoms with van der Waals surface area (Å²) < 4.78 is 0. The van der Waals surface area contributed by atoms with Crippen LogP contribution in [0.4, 0.5) is 0 Å². The van der Waals surface area contributed by atoms with Crippen LogP contribution in [-0.4, -0.2) is 33.9 Å². The van der Waals surface area contributed by atoms with Crippen molar-refractivity contribution in [2.75, 3.05) is 0 Å². The van der Waals surface area contributed by atoms with E-state index in [1.54, 1.807) is 30.5 Å². The SMILES string of the molecule is NC(=O)CC(NC(=O)c1ccc2[nH]ccc2c1)C(=O)O. The smallest absolute Gasteiger partial charge is 0.326 e. The van der Waals surface area contributed by atoms with E-state index in [9.17, 15) is 14.4 Å². The van der Waals surface area contributed by atoms with Crippen molar-refractivity contribution in [1.82, 2.24) is 10.3 Å². The zero-order valence-electron chi connectivity index (χ0n) is 10.4. The van der Waals surface area contributed by atoms with Gasteiger partial charge in [-0.3, -0.25) is 9.59 Å². The summed E-state index contributed by atoms with van der Waals surface area (Å²) in [5.41, 5.74) is 6.13. The first-order valence-corrected chi connectivity index (χ1v) is 5.86. The predicted molar refractivity (Wildman–Crippen MR) is 71.0 cm³/mol. The van der Waals surface area contributed by atoms with Crippen LogP contribution in [0.2, 0.25) is 0 Å². The van der Waals surface area contributed by atoms with E-state index < -0.39 is 30.2 Å². The molecular formula is C13H13N3O4. The van der Waals surface area contributed by atoms with Crippen molar-refractivity contribution in [2.24, 2.45) is 5.73 Å². The summed E-state index contributed by atoms with van der Waals surface area (Å²) in [4.78, 5) is 36.7. The van der Waals surface area contributed by atoms with E-state index in [0.717, 1.165) is 10.9 Å². The molecule has 0 fully saturated rings. The zero-order chi connectivity index (χ0) is 14.7. The van der Waals surface area contributed by atoms with Crippen molar-refractivity contribution < 1.29 is 19.5 Å². The minimum absolute atomic E-state index is 0.313. The van der Waals surface area contributed by atoms with Gasteiger partial charge in [0, 0.05) is 22.7 Å². The molecule has 1 aromatic heterocycles. The summed E-state index contributed by atoms with van der Waals surface area (Å²) >= 11 is 0. The van der Waals surface area contributed by atoms with E-state index >= 15 is 0 Å². The predicted octanol–water partition coefficient (Wildman–Crippen LogP) is 0.226. The Morgan fingerprint density at radius 1 is 1.30 bits per heavy atom. The number of nitrogens with one attached hydrogen (secondary N) is 2. The number of carboxylic acids is 1. The van der Waals surface area contributed by atoms with Crippen LogP contribution in [0.3, 0.4) is 0 Å². The second-order valence-electron chi connectivity index (χ2n) is 4.31. The summed E-state index contributed by atoms with van der Waals surface area (Å²) in [5, 5.41) is 12.0. The number of carboxylic acid groups (broad SMARTS) is 1. The Hall–Kier alpha value is -2.83. The van der Waals surface area contributed by atoms with E-state index in [1.165, 1.54) is 0 Å². The van der Waals surface area contributed by atoms with Gasteiger partial charge < -0.3 is 21.1 Å². The number of aromatic amines is 1. The lowest BCUT2D eigenvalue weighted by atomic mass is 10.1. The highest BCUT2D eigenvalue weighted by molar-refractivity contribution is 6.00. The number of carbonyl (C=O) groups is 3. The average Bonchev–Trinajstić information content (AvgIpc) is 2.84. The number of fused-ring (bicyclic) bond motifs is 1. The number of amides is 2. The van der Waals surface area contributed by atoms with Gasteiger partial charge in [-0.1, -0.05) is 0 Å². The molecule has 1 atom stereocenters. The van der Waals surface area contributed by atoms with Gasteiger partial charge >= 0.3 is 5.97 Å². The fourth-order valence-corrected chi connectivity index (χ4v) is 1.84. The normalized spacial score (nSPS) is 12.0. The van der Waals surface area contributed by atoms with Crippen molar-refractivity contribution in [3.8, 4) is 0 Å². The number of aliphatic carboxylic acids is 1. The van der Waals surface area contributed by atoms with Crippen LogP contribution in [0.25, 0.3) is 10.9 Å². The van der Waals surface area contributed by atoms with Crippen LogP contribution in [0, 0.1) is 0 Å². The first-order chi connectivity index (χ1) is 9.47. The summed E-state index contributed by atoms with van der Waals surface area (Å²) in [6.45, 7) is 0. The summed E-state index contributed by atoms with van der Waals surface area (Å²) in [5.74, 6) is -2.67. The van der Waals surface area contributed by atoms with Gasteiger partial charge in [-0.2, -0.15) is 0 Å². The molecule has 104 valence electrons. The molecule has 0 aliphatic carbocycles. The lowest BCUT2D eigenvalue weighted by molar-refractivity contribution is -0.140. The number of primary amides is 1. The molecule has 0 saturated heterocycles. The van der Waals surface area contributed by atoms with Gasteiger partial charge in [0.25, 0.3) is 5.91 Å². The number of aromatic nitrogens is 1. The maximum Gasteiger partial charge on any atom is 0.326 e. The number of hydrogen-bond donors (Lipinski definition) is 4. The summed E-state index contributed by atoms with van der Waals surface area (Å²) in [7, 11) is 0. The van der Waals surface area contributed by atoms with Gasteiger partial charge in [0.1, 0.15) is 6.04 Å². The lowest BCUT2D eigenvalue weighted by Gasteiger charge is -2.12. The van der Waals surface area contributed by atoms with Crippen LogP contribution in [0.5, 0.6) is 0 Å². The first-order valence-electron chi connectivity index (χ1n) is 5.86. The highest BCUT2D eigenvalue weighted by Gasteiger charge is 2.22. The molecule has 7 nitrogen and oxygen atoms in total. The third-order valence-electron chi connectivity index (χ3n) is 2.82. The molecule has 0 radical (unpaired) electrons. The van der Waals surface area contributed by atoms with Gasteiger partial charge in [0.05, 0.1) is 6.42 Å². The molecule has 5 N–H and O–H groups in total. The summed E-state index contributed by atoms with van der Waals surface area (Å²) in [6, 6.07) is 5.38. The molecule has 1 aromatic carbocycles. The number of benzene rings is 1. The maximum atomic E-state index is 12.0. The van der Waals surface area contributed by atoms with Gasteiger partial charge in [-0.15, -0.1) is 0 Å². The number of carbonyl (C=O) groups excluding carboxylic acids is 2. The number of rotatable bonds is 5. The van der Waals surface area contributed by atoms with Crippen molar-refractivity contribution >= 4 is 28.7 Å². The van der Waals surface area contributed by atoms with Crippen LogP contribution < -0.4 is 11.1 Å². The van der Waals surface area contributed by atoms with E-state index in [4.69, 9.17) is 10.8 Å². The van der Waals surface area contributed by atoms with Crippen molar-refractivity contribution in [3.63, 3.8) is 0 Å². The Kier molecular flexibility index (Phi) is 3.69. The van der Waals surface area contributed by atoms with E-state index in [1.807, 2.05) is 0 Å². The van der Waals surface area contributed by atoms with E-state index in [0.29, 0.717) is 5.56 Å². The third kappa shape index (κ3) is 2.94. The Bertz CT molecular complexity index is 677. The van der Waals surface area contributed by atoms with Gasteiger partial charge in [0.15, 0.2) is 0 Å². The molecule has 0 spiro atoms. The van der Waals surface area contributed by atoms with Crippen molar-refractivity contribution in [3.05, 3.63) is 36.0 Å². The largest absolute Gasteiger partial charge is 0.480 e. The van der Waals surface area contributed by atoms with E-state index in [-0.39, 0.29) is 0 Å². The zero-order valence-corrected chi connectivity index (χ0v) is 10.4. The Balaban J connectivity index is 2.17. The molecule has 0 saturated carbocycles. The number of nitrogens with two attached hydrogens (primary N) is 1. The Labute approximate surface area is 113 Å². The van der Waals surface area contributed by atoms with Crippen LogP contribution >= 0.6 is 0 Å². The Morgan fingerprint density at radius 2 is 2.05 bits per heavy atom. The van der Waals surface area contributed by atoms with Gasteiger partial charge in [-0.25, -0.2) is 4.79 Å². The minimum atomic E-state index is -1.33. The first kappa shape index (κ1) is 13.6. The van der Waals surface area contributed by atoms with Crippen LogP contribution in [0.15, 0.2) is 30.5 Å². The quantitative estimate of drug-likeness (QED) is 0.623. The van der Waals surface area contributed by atoms with Gasteiger partial charge in [-0.05, 0) is 24.3 Å². The molecule has 0 aliphatic rings. The van der Waals surface area contributed by atoms with Crippen molar-refractivity contribution in [1.29, 1.82) is 0 Å². The molecule has 0 aliphatic heterocycles. The molecule has 1 heterocycles. The molecule has 7 heteroatoms. The van der Waals surface area contributed by atoms with Gasteiger partial charge in [0.2, 0.25) is 5.91 Å². The summed E-state index contributed by atoms with van der Waals surface area (Å²) in [6.07, 6.45) is 1.28. The number of H-pyrrole nitrogens is 1. The second kappa shape index (κ2) is 5.43. The van der Waals surface area contributed by atoms with E-state index in [2.05, 4.69) is 10.3 Å². The molecule has 2 rings (SSSR count). The molecule has 0 bridgehead atoms. The highest BCUT2D eigenvalue weighted by atomic mass is 16.4. The Morgan fingerprint density at radius 3 is 2.70 bits per heavy atom. The monoisotopic (exact) mass is 275 g/mol. The van der Waals surface area contributed by atoms with Crippen LogP contribution in [-0.2, 0) is 9.59 Å². The second-order valence-corrected chi connectivity index (χ2v) is 4.31. The third-order valence-corrected chi connectivity index (χ3v) is 2.82. The fourth-order valence-electron chi connectivity index (χ4n) is 1.84. The lowest BCUT2D eigenvalue weighted by Crippen LogP contribution is -2.43. The molecule has 1 unspecified atom stereocenters. The molecule has 2 amide bonds.